The molecule has 0 heterocycles. The van der Waals surface area contributed by atoms with Crippen LogP contribution in [0.5, 0.6) is 0 Å². The Labute approximate surface area is 69.8 Å². The maximum atomic E-state index is 9.10. The molecule has 66 valence electrons. The molecule has 1 aliphatic rings. The second-order valence-electron chi connectivity index (χ2n) is 4.36. The van der Waals surface area contributed by atoms with Crippen molar-refractivity contribution < 1.29 is 5.11 Å². The normalized spacial score (nSPS) is 45.8. The molecule has 0 amide bonds. The van der Waals surface area contributed by atoms with Gasteiger partial charge in [0.05, 0.1) is 0 Å². The second kappa shape index (κ2) is 3.57. The number of rotatable bonds is 1. The molecule has 1 nitrogen and oxygen atoms in total. The summed E-state index contributed by atoms with van der Waals surface area (Å²) in [5, 5.41) is 9.10. The Morgan fingerprint density at radius 2 is 1.82 bits per heavy atom. The van der Waals surface area contributed by atoms with Gasteiger partial charge in [0.15, 0.2) is 0 Å². The van der Waals surface area contributed by atoms with E-state index in [-0.39, 0.29) is 0 Å². The zero-order valence-electron chi connectivity index (χ0n) is 7.88. The molecule has 1 rings (SSSR count). The summed E-state index contributed by atoms with van der Waals surface area (Å²) < 4.78 is 0. The van der Waals surface area contributed by atoms with E-state index >= 15 is 0 Å². The first-order chi connectivity index (χ1) is 5.15. The van der Waals surface area contributed by atoms with Crippen molar-refractivity contribution in [3.8, 4) is 0 Å². The highest BCUT2D eigenvalue weighted by molar-refractivity contribution is 4.79. The van der Waals surface area contributed by atoms with Crippen LogP contribution in [0.15, 0.2) is 0 Å². The lowest BCUT2D eigenvalue weighted by Crippen LogP contribution is -2.30. The summed E-state index contributed by atoms with van der Waals surface area (Å²) in [5.74, 6) is 2.90. The monoisotopic (exact) mass is 156 g/mol. The van der Waals surface area contributed by atoms with Crippen LogP contribution in [0.3, 0.4) is 0 Å². The van der Waals surface area contributed by atoms with Crippen LogP contribution < -0.4 is 0 Å². The largest absolute Gasteiger partial charge is 0.396 e. The Morgan fingerprint density at radius 3 is 2.36 bits per heavy atom. The quantitative estimate of drug-likeness (QED) is 0.617. The fraction of sp³-hybridized carbons (Fsp3) is 1.00. The molecule has 1 aliphatic carbocycles. The molecule has 1 saturated carbocycles. The third kappa shape index (κ3) is 1.96. The predicted octanol–water partition coefficient (Wildman–Crippen LogP) is 2.30. The van der Waals surface area contributed by atoms with Gasteiger partial charge in [0.1, 0.15) is 0 Å². The van der Waals surface area contributed by atoms with Gasteiger partial charge in [-0.05, 0) is 36.5 Å². The fourth-order valence-corrected chi connectivity index (χ4v) is 2.38. The Balaban J connectivity index is 2.51. The van der Waals surface area contributed by atoms with Crippen molar-refractivity contribution in [1.29, 1.82) is 0 Å². The fourth-order valence-electron chi connectivity index (χ4n) is 2.38. The summed E-state index contributed by atoms with van der Waals surface area (Å²) >= 11 is 0. The van der Waals surface area contributed by atoms with Gasteiger partial charge in [-0.2, -0.15) is 0 Å². The molecule has 0 aliphatic heterocycles. The van der Waals surface area contributed by atoms with Gasteiger partial charge < -0.3 is 5.11 Å². The number of hydrogen-bond donors (Lipinski definition) is 1. The van der Waals surface area contributed by atoms with Gasteiger partial charge in [-0.25, -0.2) is 0 Å². The zero-order chi connectivity index (χ0) is 8.43. The molecule has 1 fully saturated rings. The molecule has 0 aromatic carbocycles. The van der Waals surface area contributed by atoms with E-state index in [4.69, 9.17) is 5.11 Å². The first kappa shape index (κ1) is 9.05. The van der Waals surface area contributed by atoms with E-state index < -0.39 is 0 Å². The van der Waals surface area contributed by atoms with E-state index in [0.29, 0.717) is 12.5 Å². The molecular formula is C10H20O. The molecule has 0 aromatic rings. The number of hydrogen-bond acceptors (Lipinski definition) is 1. The van der Waals surface area contributed by atoms with E-state index in [2.05, 4.69) is 20.8 Å². The van der Waals surface area contributed by atoms with Crippen molar-refractivity contribution in [2.24, 2.45) is 23.7 Å². The Kier molecular flexibility index (Phi) is 2.94. The molecule has 11 heavy (non-hydrogen) atoms. The summed E-state index contributed by atoms with van der Waals surface area (Å²) in [6.07, 6.45) is 2.57. The van der Waals surface area contributed by atoms with Crippen molar-refractivity contribution >= 4 is 0 Å². The Bertz CT molecular complexity index is 122. The Hall–Kier alpha value is -0.0400. The van der Waals surface area contributed by atoms with Crippen molar-refractivity contribution in [3.63, 3.8) is 0 Å². The summed E-state index contributed by atoms with van der Waals surface area (Å²) in [6, 6.07) is 0. The van der Waals surface area contributed by atoms with Crippen LogP contribution in [-0.2, 0) is 0 Å². The maximum Gasteiger partial charge on any atom is 0.0462 e. The number of aliphatic hydroxyl groups excluding tert-OH is 1. The van der Waals surface area contributed by atoms with Gasteiger partial charge in [0, 0.05) is 6.61 Å². The topological polar surface area (TPSA) is 20.2 Å². The van der Waals surface area contributed by atoms with Gasteiger partial charge in [0.2, 0.25) is 0 Å². The van der Waals surface area contributed by atoms with Gasteiger partial charge in [-0.3, -0.25) is 0 Å². The lowest BCUT2D eigenvalue weighted by Gasteiger charge is -2.36. The van der Waals surface area contributed by atoms with Crippen molar-refractivity contribution in [2.45, 2.75) is 33.6 Å². The average molecular weight is 156 g/mol. The van der Waals surface area contributed by atoms with Crippen molar-refractivity contribution in [3.05, 3.63) is 0 Å². The molecule has 0 bridgehead atoms. The molecule has 1 N–H and O–H groups in total. The van der Waals surface area contributed by atoms with Crippen LogP contribution in [0.1, 0.15) is 33.6 Å². The van der Waals surface area contributed by atoms with Gasteiger partial charge in [-0.15, -0.1) is 0 Å². The molecule has 4 atom stereocenters. The van der Waals surface area contributed by atoms with Crippen molar-refractivity contribution in [2.75, 3.05) is 6.61 Å². The predicted molar refractivity (Wildman–Crippen MR) is 47.3 cm³/mol. The lowest BCUT2D eigenvalue weighted by atomic mass is 9.70. The molecule has 0 aromatic heterocycles. The lowest BCUT2D eigenvalue weighted by molar-refractivity contribution is 0.0811. The van der Waals surface area contributed by atoms with Crippen molar-refractivity contribution in [1.82, 2.24) is 0 Å². The molecule has 0 unspecified atom stereocenters. The second-order valence-corrected chi connectivity index (χ2v) is 4.36. The van der Waals surface area contributed by atoms with Crippen LogP contribution >= 0.6 is 0 Å². The summed E-state index contributed by atoms with van der Waals surface area (Å²) in [4.78, 5) is 0. The molecular weight excluding hydrogens is 136 g/mol. The standard InChI is InChI=1S/C10H20O/c1-7-4-8(2)9(3)10(5-7)6-11/h7-11H,4-6H2,1-3H3/t7-,8+,9-,10-/m0/s1. The van der Waals surface area contributed by atoms with E-state index in [1.165, 1.54) is 12.8 Å². The number of aliphatic hydroxyl groups is 1. The first-order valence-electron chi connectivity index (χ1n) is 4.76. The SMILES string of the molecule is C[C@@H]1C[C@@H](CO)[C@@H](C)[C@H](C)C1. The van der Waals surface area contributed by atoms with Crippen LogP contribution in [0.4, 0.5) is 0 Å². The highest BCUT2D eigenvalue weighted by Crippen LogP contribution is 2.37. The van der Waals surface area contributed by atoms with Crippen LogP contribution in [0.2, 0.25) is 0 Å². The highest BCUT2D eigenvalue weighted by atomic mass is 16.3. The third-order valence-electron chi connectivity index (χ3n) is 3.35. The summed E-state index contributed by atoms with van der Waals surface area (Å²) in [5.41, 5.74) is 0. The third-order valence-corrected chi connectivity index (χ3v) is 3.35. The highest BCUT2D eigenvalue weighted by Gasteiger charge is 2.29. The molecule has 0 saturated heterocycles. The molecule has 1 heteroatoms. The zero-order valence-corrected chi connectivity index (χ0v) is 7.88. The van der Waals surface area contributed by atoms with E-state index in [9.17, 15) is 0 Å². The minimum atomic E-state index is 0.385. The van der Waals surface area contributed by atoms with E-state index in [1.54, 1.807) is 0 Å². The Morgan fingerprint density at radius 1 is 1.18 bits per heavy atom. The van der Waals surface area contributed by atoms with Crippen LogP contribution in [-0.4, -0.2) is 11.7 Å². The molecule has 0 spiro atoms. The summed E-state index contributed by atoms with van der Waals surface area (Å²) in [6.45, 7) is 7.27. The van der Waals surface area contributed by atoms with E-state index in [1.807, 2.05) is 0 Å². The van der Waals surface area contributed by atoms with Gasteiger partial charge in [-0.1, -0.05) is 20.8 Å². The van der Waals surface area contributed by atoms with E-state index in [0.717, 1.165) is 17.8 Å². The van der Waals surface area contributed by atoms with Gasteiger partial charge >= 0.3 is 0 Å². The smallest absolute Gasteiger partial charge is 0.0462 e. The maximum absolute atomic E-state index is 9.10. The summed E-state index contributed by atoms with van der Waals surface area (Å²) in [7, 11) is 0. The van der Waals surface area contributed by atoms with Crippen LogP contribution in [0.25, 0.3) is 0 Å². The van der Waals surface area contributed by atoms with Gasteiger partial charge in [0.25, 0.3) is 0 Å². The van der Waals surface area contributed by atoms with Crippen LogP contribution in [0, 0.1) is 23.7 Å². The minimum absolute atomic E-state index is 0.385. The average Bonchev–Trinajstić information content (AvgIpc) is 1.96. The molecule has 0 radical (unpaired) electrons. The minimum Gasteiger partial charge on any atom is -0.396 e. The first-order valence-corrected chi connectivity index (χ1v) is 4.76.